The van der Waals surface area contributed by atoms with E-state index in [-0.39, 0.29) is 18.1 Å². The molecule has 1 atom stereocenters. The van der Waals surface area contributed by atoms with Gasteiger partial charge in [0.2, 0.25) is 10.0 Å². The van der Waals surface area contributed by atoms with Crippen LogP contribution in [0.15, 0.2) is 24.3 Å². The molecule has 2 fully saturated rings. The number of benzene rings is 1. The van der Waals surface area contributed by atoms with Crippen LogP contribution in [0.2, 0.25) is 0 Å². The van der Waals surface area contributed by atoms with Gasteiger partial charge in [0.1, 0.15) is 6.10 Å². The molecule has 120 valence electrons. The average molecular weight is 324 g/mol. The molecule has 1 saturated heterocycles. The molecule has 0 bridgehead atoms. The van der Waals surface area contributed by atoms with Crippen molar-refractivity contribution in [2.24, 2.45) is 0 Å². The molecular formula is C15H20N2O4S. The maximum absolute atomic E-state index is 12.0. The van der Waals surface area contributed by atoms with E-state index < -0.39 is 10.0 Å². The van der Waals surface area contributed by atoms with Crippen molar-refractivity contribution in [3.05, 3.63) is 24.3 Å². The number of hydrogen-bond acceptors (Lipinski definition) is 4. The summed E-state index contributed by atoms with van der Waals surface area (Å²) in [7, 11) is -3.28. The molecule has 1 aliphatic carbocycles. The van der Waals surface area contributed by atoms with Gasteiger partial charge in [0.25, 0.3) is 5.91 Å². The van der Waals surface area contributed by atoms with Gasteiger partial charge in [0, 0.05) is 18.3 Å². The first-order valence-electron chi connectivity index (χ1n) is 7.47. The Kier molecular flexibility index (Phi) is 4.10. The fourth-order valence-corrected chi connectivity index (χ4v) is 3.94. The molecule has 3 rings (SSSR count). The molecule has 0 aromatic heterocycles. The molecule has 22 heavy (non-hydrogen) atoms. The van der Waals surface area contributed by atoms with E-state index in [1.54, 1.807) is 24.3 Å². The number of anilines is 2. The Morgan fingerprint density at radius 3 is 2.41 bits per heavy atom. The summed E-state index contributed by atoms with van der Waals surface area (Å²) in [4.78, 5) is 12.0. The second kappa shape index (κ2) is 5.89. The average Bonchev–Trinajstić information content (AvgIpc) is 3.11. The second-order valence-corrected chi connectivity index (χ2v) is 7.69. The fraction of sp³-hybridized carbons (Fsp3) is 0.533. The van der Waals surface area contributed by atoms with Crippen molar-refractivity contribution in [3.63, 3.8) is 0 Å². The molecule has 0 radical (unpaired) electrons. The molecular weight excluding hydrogens is 304 g/mol. The van der Waals surface area contributed by atoms with Crippen LogP contribution in [0, 0.1) is 0 Å². The van der Waals surface area contributed by atoms with E-state index in [0.29, 0.717) is 18.0 Å². The van der Waals surface area contributed by atoms with Crippen LogP contribution in [0.4, 0.5) is 11.4 Å². The first kappa shape index (κ1) is 15.3. The minimum atomic E-state index is -3.28. The molecule has 1 aromatic carbocycles. The summed E-state index contributed by atoms with van der Waals surface area (Å²) in [6.07, 6.45) is 4.28. The Balaban J connectivity index is 1.70. The van der Waals surface area contributed by atoms with Gasteiger partial charge < -0.3 is 10.1 Å². The van der Waals surface area contributed by atoms with Crippen molar-refractivity contribution < 1.29 is 17.9 Å². The summed E-state index contributed by atoms with van der Waals surface area (Å²) < 4.78 is 30.6. The van der Waals surface area contributed by atoms with Crippen LogP contribution in [-0.4, -0.2) is 39.3 Å². The number of rotatable bonds is 5. The number of carbonyl (C=O) groups is 1. The maximum atomic E-state index is 12.0. The van der Waals surface area contributed by atoms with Gasteiger partial charge >= 0.3 is 0 Å². The summed E-state index contributed by atoms with van der Waals surface area (Å²) in [6.45, 7) is 0.627. The van der Waals surface area contributed by atoms with Crippen molar-refractivity contribution in [1.29, 1.82) is 0 Å². The third kappa shape index (κ3) is 3.41. The highest BCUT2D eigenvalue weighted by molar-refractivity contribution is 7.92. The van der Waals surface area contributed by atoms with Crippen LogP contribution in [-0.2, 0) is 19.6 Å². The molecule has 1 amide bonds. The predicted molar refractivity (Wildman–Crippen MR) is 84.4 cm³/mol. The highest BCUT2D eigenvalue weighted by atomic mass is 32.2. The van der Waals surface area contributed by atoms with E-state index in [1.807, 2.05) is 0 Å². The highest BCUT2D eigenvalue weighted by Gasteiger charge is 2.35. The standard InChI is InChI=1S/C15H20N2O4S/c1-22(19,20)17(13-8-9-13)12-6-4-11(5-7-12)16-15(18)14-3-2-10-21-14/h4-7,13-14H,2-3,8-10H2,1H3,(H,16,18). The molecule has 2 aliphatic rings. The molecule has 1 aromatic rings. The van der Waals surface area contributed by atoms with E-state index in [1.165, 1.54) is 10.6 Å². The van der Waals surface area contributed by atoms with Gasteiger partial charge in [-0.3, -0.25) is 9.10 Å². The van der Waals surface area contributed by atoms with Gasteiger partial charge in [-0.25, -0.2) is 8.42 Å². The highest BCUT2D eigenvalue weighted by Crippen LogP contribution is 2.34. The number of carbonyl (C=O) groups excluding carboxylic acids is 1. The molecule has 1 aliphatic heterocycles. The largest absolute Gasteiger partial charge is 0.368 e. The molecule has 6 nitrogen and oxygen atoms in total. The van der Waals surface area contributed by atoms with Gasteiger partial charge in [0.15, 0.2) is 0 Å². The quantitative estimate of drug-likeness (QED) is 0.895. The minimum absolute atomic E-state index is 0.0716. The Morgan fingerprint density at radius 2 is 1.91 bits per heavy atom. The van der Waals surface area contributed by atoms with Crippen LogP contribution >= 0.6 is 0 Å². The lowest BCUT2D eigenvalue weighted by atomic mass is 10.2. The maximum Gasteiger partial charge on any atom is 0.253 e. The Labute approximate surface area is 130 Å². The second-order valence-electron chi connectivity index (χ2n) is 5.83. The van der Waals surface area contributed by atoms with E-state index in [4.69, 9.17) is 4.74 Å². The topological polar surface area (TPSA) is 75.7 Å². The Morgan fingerprint density at radius 1 is 1.23 bits per heavy atom. The number of amides is 1. The Hall–Kier alpha value is -1.60. The van der Waals surface area contributed by atoms with Gasteiger partial charge in [-0.05, 0) is 49.9 Å². The summed E-state index contributed by atoms with van der Waals surface area (Å²) in [5.41, 5.74) is 1.29. The lowest BCUT2D eigenvalue weighted by molar-refractivity contribution is -0.124. The van der Waals surface area contributed by atoms with Crippen LogP contribution in [0.25, 0.3) is 0 Å². The summed E-state index contributed by atoms with van der Waals surface area (Å²) in [6, 6.07) is 6.97. The third-order valence-corrected chi connectivity index (χ3v) is 5.07. The summed E-state index contributed by atoms with van der Waals surface area (Å²) in [5.74, 6) is -0.146. The third-order valence-electron chi connectivity index (χ3n) is 3.85. The van der Waals surface area contributed by atoms with E-state index in [9.17, 15) is 13.2 Å². The smallest absolute Gasteiger partial charge is 0.253 e. The number of nitrogens with one attached hydrogen (secondary N) is 1. The lowest BCUT2D eigenvalue weighted by Crippen LogP contribution is -2.32. The number of hydrogen-bond donors (Lipinski definition) is 1. The first-order valence-corrected chi connectivity index (χ1v) is 9.32. The normalized spacial score (nSPS) is 21.6. The van der Waals surface area contributed by atoms with E-state index in [0.717, 1.165) is 25.7 Å². The molecule has 1 saturated carbocycles. The van der Waals surface area contributed by atoms with Gasteiger partial charge in [-0.1, -0.05) is 0 Å². The zero-order chi connectivity index (χ0) is 15.7. The van der Waals surface area contributed by atoms with Crippen LogP contribution < -0.4 is 9.62 Å². The summed E-state index contributed by atoms with van der Waals surface area (Å²) >= 11 is 0. The minimum Gasteiger partial charge on any atom is -0.368 e. The van der Waals surface area contributed by atoms with Gasteiger partial charge in [0.05, 0.1) is 11.9 Å². The van der Waals surface area contributed by atoms with Crippen LogP contribution in [0.1, 0.15) is 25.7 Å². The van der Waals surface area contributed by atoms with Gasteiger partial charge in [-0.15, -0.1) is 0 Å². The number of ether oxygens (including phenoxy) is 1. The van der Waals surface area contributed by atoms with Gasteiger partial charge in [-0.2, -0.15) is 0 Å². The number of nitrogens with zero attached hydrogens (tertiary/aromatic N) is 1. The molecule has 1 unspecified atom stereocenters. The molecule has 1 N–H and O–H groups in total. The van der Waals surface area contributed by atoms with Crippen molar-refractivity contribution in [3.8, 4) is 0 Å². The zero-order valence-electron chi connectivity index (χ0n) is 12.5. The van der Waals surface area contributed by atoms with E-state index in [2.05, 4.69) is 5.32 Å². The van der Waals surface area contributed by atoms with Crippen LogP contribution in [0.5, 0.6) is 0 Å². The summed E-state index contributed by atoms with van der Waals surface area (Å²) in [5, 5.41) is 2.80. The van der Waals surface area contributed by atoms with Crippen molar-refractivity contribution in [1.82, 2.24) is 0 Å². The Bertz CT molecular complexity index is 647. The monoisotopic (exact) mass is 324 g/mol. The predicted octanol–water partition coefficient (Wildman–Crippen LogP) is 1.73. The van der Waals surface area contributed by atoms with Crippen molar-refractivity contribution >= 4 is 27.3 Å². The zero-order valence-corrected chi connectivity index (χ0v) is 13.3. The number of sulfonamides is 1. The SMILES string of the molecule is CS(=O)(=O)N(c1ccc(NC(=O)C2CCCO2)cc1)C1CC1. The molecule has 7 heteroatoms. The lowest BCUT2D eigenvalue weighted by Gasteiger charge is -2.22. The molecule has 1 heterocycles. The van der Waals surface area contributed by atoms with Crippen molar-refractivity contribution in [2.45, 2.75) is 37.8 Å². The van der Waals surface area contributed by atoms with E-state index >= 15 is 0 Å². The molecule has 0 spiro atoms. The van der Waals surface area contributed by atoms with Crippen LogP contribution in [0.3, 0.4) is 0 Å². The van der Waals surface area contributed by atoms with Crippen molar-refractivity contribution in [2.75, 3.05) is 22.5 Å². The fourth-order valence-electron chi connectivity index (χ4n) is 2.68. The first-order chi connectivity index (χ1) is 10.4.